The minimum atomic E-state index is -0.355. The summed E-state index contributed by atoms with van der Waals surface area (Å²) in [5.41, 5.74) is 0.878. The Morgan fingerprint density at radius 3 is 3.00 bits per heavy atom. The van der Waals surface area contributed by atoms with E-state index in [-0.39, 0.29) is 9.74 Å². The van der Waals surface area contributed by atoms with Crippen molar-refractivity contribution in [3.63, 3.8) is 0 Å². The summed E-state index contributed by atoms with van der Waals surface area (Å²) in [6.45, 7) is 0. The van der Waals surface area contributed by atoms with Gasteiger partial charge in [0.2, 0.25) is 0 Å². The summed E-state index contributed by atoms with van der Waals surface area (Å²) in [6.07, 6.45) is 6.62. The number of hydrogen-bond donors (Lipinski definition) is 0. The third kappa shape index (κ3) is 1.09. The van der Waals surface area contributed by atoms with Gasteiger partial charge in [0.05, 0.1) is 21.1 Å². The Bertz CT molecular complexity index is 187. The van der Waals surface area contributed by atoms with Crippen LogP contribution < -0.4 is 0 Å². The monoisotopic (exact) mass is 144 g/mol. The molecule has 0 aromatic rings. The molecular formula is C5H4OS2. The molecule has 0 aromatic carbocycles. The van der Waals surface area contributed by atoms with Gasteiger partial charge in [0.15, 0.2) is 0 Å². The van der Waals surface area contributed by atoms with Crippen LogP contribution in [-0.2, 0) is 25.1 Å². The second-order valence-electron chi connectivity index (χ2n) is 1.33. The summed E-state index contributed by atoms with van der Waals surface area (Å²) >= 11 is 4.80. The van der Waals surface area contributed by atoms with Crippen molar-refractivity contribution in [2.75, 3.05) is 5.75 Å². The maximum absolute atomic E-state index is 5.06. The molecule has 1 atom stereocenters. The normalized spacial score (nSPS) is 25.9. The third-order valence-electron chi connectivity index (χ3n) is 0.756. The zero-order valence-electron chi connectivity index (χ0n) is 4.09. The summed E-state index contributed by atoms with van der Waals surface area (Å²) in [5.74, 6) is 3.21. The minimum absolute atomic E-state index is 0.355. The van der Waals surface area contributed by atoms with Crippen molar-refractivity contribution in [2.45, 2.75) is 0 Å². The highest BCUT2D eigenvalue weighted by Crippen LogP contribution is 2.07. The Morgan fingerprint density at radius 2 is 2.75 bits per heavy atom. The standard InChI is InChI=1S/C5H4OS2/c1-2-5-3-6-8(7)4-5/h1,3H,4H2. The lowest BCUT2D eigenvalue weighted by Gasteiger charge is -1.86. The van der Waals surface area contributed by atoms with Gasteiger partial charge in [0.1, 0.15) is 6.26 Å². The Balaban J connectivity index is 2.66. The fraction of sp³-hybridized carbons (Fsp3) is 0.200. The van der Waals surface area contributed by atoms with E-state index >= 15 is 0 Å². The zero-order chi connectivity index (χ0) is 5.98. The smallest absolute Gasteiger partial charge is 0.114 e. The van der Waals surface area contributed by atoms with Gasteiger partial charge in [-0.15, -0.1) is 6.42 Å². The highest BCUT2D eigenvalue weighted by atomic mass is 32.8. The molecule has 0 bridgehead atoms. The van der Waals surface area contributed by atoms with Gasteiger partial charge in [0.25, 0.3) is 0 Å². The van der Waals surface area contributed by atoms with Crippen molar-refractivity contribution in [1.29, 1.82) is 0 Å². The first kappa shape index (κ1) is 5.80. The molecular weight excluding hydrogens is 140 g/mol. The van der Waals surface area contributed by atoms with E-state index in [1.54, 1.807) is 6.26 Å². The molecule has 3 heteroatoms. The average Bonchev–Trinajstić information content (AvgIpc) is 2.14. The lowest BCUT2D eigenvalue weighted by atomic mass is 10.4. The average molecular weight is 144 g/mol. The second kappa shape index (κ2) is 2.29. The van der Waals surface area contributed by atoms with Crippen LogP contribution in [0.15, 0.2) is 11.8 Å². The highest BCUT2D eigenvalue weighted by Gasteiger charge is 2.05. The summed E-state index contributed by atoms with van der Waals surface area (Å²) in [5, 5.41) is 0. The van der Waals surface area contributed by atoms with Crippen molar-refractivity contribution >= 4 is 20.9 Å². The molecule has 0 fully saturated rings. The first-order chi connectivity index (χ1) is 3.83. The van der Waals surface area contributed by atoms with E-state index in [9.17, 15) is 0 Å². The lowest BCUT2D eigenvalue weighted by Crippen LogP contribution is -1.87. The van der Waals surface area contributed by atoms with Gasteiger partial charge in [0, 0.05) is 0 Å². The number of terminal acetylenes is 1. The molecule has 42 valence electrons. The molecule has 0 aliphatic carbocycles. The van der Waals surface area contributed by atoms with Gasteiger partial charge in [-0.2, -0.15) is 0 Å². The Kier molecular flexibility index (Phi) is 1.66. The molecule has 1 aliphatic rings. The van der Waals surface area contributed by atoms with E-state index in [2.05, 4.69) is 5.92 Å². The van der Waals surface area contributed by atoms with Crippen molar-refractivity contribution in [2.24, 2.45) is 0 Å². The maximum Gasteiger partial charge on any atom is 0.114 e. The molecule has 8 heavy (non-hydrogen) atoms. The largest absolute Gasteiger partial charge is 0.430 e. The van der Waals surface area contributed by atoms with E-state index in [0.29, 0.717) is 0 Å². The summed E-state index contributed by atoms with van der Waals surface area (Å²) in [7, 11) is -0.355. The van der Waals surface area contributed by atoms with Gasteiger partial charge < -0.3 is 4.18 Å². The van der Waals surface area contributed by atoms with Crippen LogP contribution in [0, 0.1) is 12.3 Å². The molecule has 0 radical (unpaired) electrons. The fourth-order valence-electron chi connectivity index (χ4n) is 0.382. The summed E-state index contributed by atoms with van der Waals surface area (Å²) < 4.78 is 4.89. The van der Waals surface area contributed by atoms with Crippen LogP contribution in [0.25, 0.3) is 0 Å². The Morgan fingerprint density at radius 1 is 2.00 bits per heavy atom. The topological polar surface area (TPSA) is 9.23 Å². The molecule has 0 saturated carbocycles. The molecule has 1 rings (SSSR count). The van der Waals surface area contributed by atoms with Gasteiger partial charge in [-0.1, -0.05) is 5.92 Å². The predicted molar refractivity (Wildman–Crippen MR) is 37.6 cm³/mol. The van der Waals surface area contributed by atoms with Gasteiger partial charge in [-0.25, -0.2) is 0 Å². The molecule has 0 saturated heterocycles. The van der Waals surface area contributed by atoms with Crippen molar-refractivity contribution < 1.29 is 4.18 Å². The van der Waals surface area contributed by atoms with Crippen LogP contribution in [-0.4, -0.2) is 5.75 Å². The van der Waals surface area contributed by atoms with Crippen molar-refractivity contribution in [3.8, 4) is 12.3 Å². The molecule has 0 amide bonds. The molecule has 1 aliphatic heterocycles. The van der Waals surface area contributed by atoms with Crippen LogP contribution in [0.3, 0.4) is 0 Å². The van der Waals surface area contributed by atoms with Crippen LogP contribution in [0.2, 0.25) is 0 Å². The van der Waals surface area contributed by atoms with Crippen LogP contribution >= 0.6 is 0 Å². The first-order valence-electron chi connectivity index (χ1n) is 2.04. The molecule has 1 heterocycles. The second-order valence-corrected chi connectivity index (χ2v) is 3.54. The van der Waals surface area contributed by atoms with E-state index in [1.807, 2.05) is 0 Å². The highest BCUT2D eigenvalue weighted by molar-refractivity contribution is 8.26. The van der Waals surface area contributed by atoms with Gasteiger partial charge >= 0.3 is 0 Å². The van der Waals surface area contributed by atoms with Crippen molar-refractivity contribution in [1.82, 2.24) is 0 Å². The van der Waals surface area contributed by atoms with E-state index in [0.717, 1.165) is 11.3 Å². The summed E-state index contributed by atoms with van der Waals surface area (Å²) in [4.78, 5) is 0. The van der Waals surface area contributed by atoms with Crippen molar-refractivity contribution in [3.05, 3.63) is 11.8 Å². The number of hydrogen-bond acceptors (Lipinski definition) is 2. The fourth-order valence-corrected chi connectivity index (χ4v) is 1.58. The number of rotatable bonds is 0. The van der Waals surface area contributed by atoms with E-state index in [1.165, 1.54) is 0 Å². The predicted octanol–water partition coefficient (Wildman–Crippen LogP) is 0.529. The molecule has 0 N–H and O–H groups in total. The molecule has 0 aromatic heterocycles. The minimum Gasteiger partial charge on any atom is -0.430 e. The Labute approximate surface area is 55.5 Å². The zero-order valence-corrected chi connectivity index (χ0v) is 5.72. The Hall–Kier alpha value is -0.330. The van der Waals surface area contributed by atoms with Crippen LogP contribution in [0.1, 0.15) is 0 Å². The first-order valence-corrected chi connectivity index (χ1v) is 4.28. The quantitative estimate of drug-likeness (QED) is 0.459. The van der Waals surface area contributed by atoms with E-state index in [4.69, 9.17) is 21.8 Å². The van der Waals surface area contributed by atoms with Crippen LogP contribution in [0.5, 0.6) is 0 Å². The SMILES string of the molecule is C#CC1=COS(=S)C1. The van der Waals surface area contributed by atoms with Gasteiger partial charge in [-0.05, 0) is 11.2 Å². The van der Waals surface area contributed by atoms with E-state index < -0.39 is 0 Å². The summed E-state index contributed by atoms with van der Waals surface area (Å²) in [6, 6.07) is 0. The molecule has 0 spiro atoms. The van der Waals surface area contributed by atoms with Crippen LogP contribution in [0.4, 0.5) is 0 Å². The third-order valence-corrected chi connectivity index (χ3v) is 2.20. The molecule has 1 nitrogen and oxygen atoms in total. The lowest BCUT2D eigenvalue weighted by molar-refractivity contribution is 0.571. The van der Waals surface area contributed by atoms with Gasteiger partial charge in [-0.3, -0.25) is 0 Å². The maximum atomic E-state index is 5.06. The molecule has 1 unspecified atom stereocenters.